The molecule has 0 aromatic rings. The fraction of sp³-hybridized carbons (Fsp3) is 0.800. The van der Waals surface area contributed by atoms with E-state index in [9.17, 15) is 9.59 Å². The first-order valence-electron chi connectivity index (χ1n) is 5.11. The van der Waals surface area contributed by atoms with Crippen LogP contribution in [0.25, 0.3) is 0 Å². The van der Waals surface area contributed by atoms with Gasteiger partial charge in [-0.15, -0.1) is 0 Å². The molecule has 86 valence electrons. The first kappa shape index (κ1) is 12.1. The molecule has 0 aliphatic carbocycles. The Morgan fingerprint density at radius 3 is 2.40 bits per heavy atom. The second-order valence-electron chi connectivity index (χ2n) is 4.69. The standard InChI is InChI=1S/C10H18N2O3/c1-10(2,3)15-9(14)8-5-4-7(6-13)11-12-8/h6-8,11-12H,4-5H2,1-3H3/t7-,8+/m0/s1. The van der Waals surface area contributed by atoms with Crippen LogP contribution >= 0.6 is 0 Å². The Morgan fingerprint density at radius 2 is 2.00 bits per heavy atom. The summed E-state index contributed by atoms with van der Waals surface area (Å²) >= 11 is 0. The second kappa shape index (κ2) is 4.72. The molecule has 5 nitrogen and oxygen atoms in total. The van der Waals surface area contributed by atoms with Crippen LogP contribution in [0, 0.1) is 0 Å². The Kier molecular flexibility index (Phi) is 3.82. The van der Waals surface area contributed by atoms with E-state index < -0.39 is 5.60 Å². The zero-order chi connectivity index (χ0) is 11.5. The van der Waals surface area contributed by atoms with Crippen LogP contribution < -0.4 is 10.9 Å². The van der Waals surface area contributed by atoms with Crippen molar-refractivity contribution in [2.45, 2.75) is 51.3 Å². The minimum absolute atomic E-state index is 0.205. The molecule has 1 fully saturated rings. The molecular formula is C10H18N2O3. The second-order valence-corrected chi connectivity index (χ2v) is 4.69. The third-order valence-electron chi connectivity index (χ3n) is 2.06. The Balaban J connectivity index is 2.40. The van der Waals surface area contributed by atoms with Gasteiger partial charge in [-0.05, 0) is 33.6 Å². The van der Waals surface area contributed by atoms with E-state index in [1.165, 1.54) is 0 Å². The van der Waals surface area contributed by atoms with Crippen molar-refractivity contribution in [3.05, 3.63) is 0 Å². The molecule has 0 spiro atoms. The van der Waals surface area contributed by atoms with E-state index in [1.807, 2.05) is 20.8 Å². The van der Waals surface area contributed by atoms with Gasteiger partial charge in [0.25, 0.3) is 0 Å². The lowest BCUT2D eigenvalue weighted by Gasteiger charge is -2.29. The van der Waals surface area contributed by atoms with Crippen molar-refractivity contribution in [2.75, 3.05) is 0 Å². The smallest absolute Gasteiger partial charge is 0.325 e. The molecule has 0 radical (unpaired) electrons. The van der Waals surface area contributed by atoms with Crippen LogP contribution in [0.3, 0.4) is 0 Å². The SMILES string of the molecule is CC(C)(C)OC(=O)[C@H]1CC[C@@H](C=O)NN1. The Bertz CT molecular complexity index is 240. The highest BCUT2D eigenvalue weighted by atomic mass is 16.6. The Morgan fingerprint density at radius 1 is 1.33 bits per heavy atom. The molecular weight excluding hydrogens is 196 g/mol. The molecule has 2 N–H and O–H groups in total. The molecule has 0 aromatic heterocycles. The number of ether oxygens (including phenoxy) is 1. The Hall–Kier alpha value is -0.940. The highest BCUT2D eigenvalue weighted by molar-refractivity contribution is 5.76. The quantitative estimate of drug-likeness (QED) is 0.506. The van der Waals surface area contributed by atoms with Crippen LogP contribution in [0.5, 0.6) is 0 Å². The van der Waals surface area contributed by atoms with Crippen LogP contribution in [0.1, 0.15) is 33.6 Å². The van der Waals surface area contributed by atoms with Crippen molar-refractivity contribution in [1.82, 2.24) is 10.9 Å². The normalized spacial score (nSPS) is 27.1. The van der Waals surface area contributed by atoms with Crippen molar-refractivity contribution in [3.8, 4) is 0 Å². The predicted octanol–water partition coefficient (Wildman–Crippen LogP) is 0.152. The molecule has 1 aliphatic rings. The first-order chi connectivity index (χ1) is 6.92. The monoisotopic (exact) mass is 214 g/mol. The van der Waals surface area contributed by atoms with Crippen molar-refractivity contribution in [1.29, 1.82) is 0 Å². The van der Waals surface area contributed by atoms with Crippen LogP contribution in [0.15, 0.2) is 0 Å². The number of esters is 1. The number of hydrogen-bond acceptors (Lipinski definition) is 5. The van der Waals surface area contributed by atoms with E-state index in [2.05, 4.69) is 10.9 Å². The lowest BCUT2D eigenvalue weighted by atomic mass is 10.1. The summed E-state index contributed by atoms with van der Waals surface area (Å²) in [6.07, 6.45) is 2.10. The van der Waals surface area contributed by atoms with Crippen molar-refractivity contribution >= 4 is 12.3 Å². The van der Waals surface area contributed by atoms with Gasteiger partial charge in [-0.2, -0.15) is 0 Å². The van der Waals surface area contributed by atoms with Gasteiger partial charge in [-0.25, -0.2) is 10.9 Å². The van der Waals surface area contributed by atoms with E-state index in [4.69, 9.17) is 4.74 Å². The van der Waals surface area contributed by atoms with Crippen molar-refractivity contribution in [2.24, 2.45) is 0 Å². The number of carbonyl (C=O) groups excluding carboxylic acids is 2. The maximum absolute atomic E-state index is 11.6. The van der Waals surface area contributed by atoms with Gasteiger partial charge in [0.05, 0.1) is 6.04 Å². The molecule has 0 amide bonds. The number of hydrazine groups is 1. The molecule has 1 saturated heterocycles. The summed E-state index contributed by atoms with van der Waals surface area (Å²) in [7, 11) is 0. The number of nitrogens with one attached hydrogen (secondary N) is 2. The largest absolute Gasteiger partial charge is 0.459 e. The van der Waals surface area contributed by atoms with Gasteiger partial charge in [0, 0.05) is 0 Å². The summed E-state index contributed by atoms with van der Waals surface area (Å²) < 4.78 is 5.22. The summed E-state index contributed by atoms with van der Waals surface area (Å²) in [5.74, 6) is -0.278. The van der Waals surface area contributed by atoms with Crippen molar-refractivity contribution in [3.63, 3.8) is 0 Å². The maximum Gasteiger partial charge on any atom is 0.325 e. The topological polar surface area (TPSA) is 67.4 Å². The minimum atomic E-state index is -0.472. The molecule has 2 atom stereocenters. The average molecular weight is 214 g/mol. The molecule has 0 unspecified atom stereocenters. The summed E-state index contributed by atoms with van der Waals surface area (Å²) in [6.45, 7) is 5.49. The van der Waals surface area contributed by atoms with Crippen LogP contribution in [0.2, 0.25) is 0 Å². The highest BCUT2D eigenvalue weighted by Crippen LogP contribution is 2.12. The molecule has 15 heavy (non-hydrogen) atoms. The number of carbonyl (C=O) groups is 2. The van der Waals surface area contributed by atoms with Gasteiger partial charge in [0.2, 0.25) is 0 Å². The summed E-state index contributed by atoms with van der Waals surface area (Å²) in [4.78, 5) is 22.0. The summed E-state index contributed by atoms with van der Waals surface area (Å²) in [5.41, 5.74) is 5.08. The summed E-state index contributed by atoms with van der Waals surface area (Å²) in [5, 5.41) is 0. The molecule has 0 aromatic carbocycles. The first-order valence-corrected chi connectivity index (χ1v) is 5.11. The van der Waals surface area contributed by atoms with Crippen LogP contribution in [-0.2, 0) is 14.3 Å². The zero-order valence-corrected chi connectivity index (χ0v) is 9.37. The molecule has 0 saturated carbocycles. The van der Waals surface area contributed by atoms with E-state index in [0.717, 1.165) is 6.29 Å². The predicted molar refractivity (Wildman–Crippen MR) is 55.0 cm³/mol. The van der Waals surface area contributed by atoms with Crippen molar-refractivity contribution < 1.29 is 14.3 Å². The van der Waals surface area contributed by atoms with Gasteiger partial charge in [0.1, 0.15) is 17.9 Å². The van der Waals surface area contributed by atoms with E-state index in [-0.39, 0.29) is 18.1 Å². The fourth-order valence-electron chi connectivity index (χ4n) is 1.35. The third kappa shape index (κ3) is 3.97. The third-order valence-corrected chi connectivity index (χ3v) is 2.06. The van der Waals surface area contributed by atoms with E-state index >= 15 is 0 Å². The lowest BCUT2D eigenvalue weighted by molar-refractivity contribution is -0.159. The van der Waals surface area contributed by atoms with E-state index in [0.29, 0.717) is 12.8 Å². The number of rotatable bonds is 2. The van der Waals surface area contributed by atoms with Crippen LogP contribution in [0.4, 0.5) is 0 Å². The average Bonchev–Trinajstić information content (AvgIpc) is 2.15. The zero-order valence-electron chi connectivity index (χ0n) is 9.37. The fourth-order valence-corrected chi connectivity index (χ4v) is 1.35. The molecule has 1 rings (SSSR count). The number of aldehydes is 1. The van der Waals surface area contributed by atoms with E-state index in [1.54, 1.807) is 0 Å². The van der Waals surface area contributed by atoms with Gasteiger partial charge >= 0.3 is 5.97 Å². The van der Waals surface area contributed by atoms with Gasteiger partial charge < -0.3 is 9.53 Å². The molecule has 1 heterocycles. The number of hydrogen-bond donors (Lipinski definition) is 2. The molecule has 5 heteroatoms. The Labute approximate surface area is 89.5 Å². The lowest BCUT2D eigenvalue weighted by Crippen LogP contribution is -2.56. The molecule has 1 aliphatic heterocycles. The van der Waals surface area contributed by atoms with Crippen LogP contribution in [-0.4, -0.2) is 29.9 Å². The summed E-state index contributed by atoms with van der Waals surface area (Å²) in [6, 6.07) is -0.566. The molecule has 0 bridgehead atoms. The van der Waals surface area contributed by atoms with Gasteiger partial charge in [0.15, 0.2) is 0 Å². The maximum atomic E-state index is 11.6. The van der Waals surface area contributed by atoms with Gasteiger partial charge in [-0.1, -0.05) is 0 Å². The van der Waals surface area contributed by atoms with Gasteiger partial charge in [-0.3, -0.25) is 4.79 Å². The minimum Gasteiger partial charge on any atom is -0.459 e. The highest BCUT2D eigenvalue weighted by Gasteiger charge is 2.28.